The highest BCUT2D eigenvalue weighted by molar-refractivity contribution is 5.16. The summed E-state index contributed by atoms with van der Waals surface area (Å²) in [6, 6.07) is 15.9. The van der Waals surface area contributed by atoms with E-state index >= 15 is 0 Å². The van der Waals surface area contributed by atoms with Gasteiger partial charge in [-0.3, -0.25) is 0 Å². The van der Waals surface area contributed by atoms with E-state index in [1.807, 2.05) is 0 Å². The Kier molecular flexibility index (Phi) is 2.97. The van der Waals surface area contributed by atoms with Gasteiger partial charge in [-0.2, -0.15) is 0 Å². The van der Waals surface area contributed by atoms with Crippen molar-refractivity contribution in [1.82, 2.24) is 4.57 Å². The van der Waals surface area contributed by atoms with Crippen molar-refractivity contribution in [3.63, 3.8) is 0 Å². The van der Waals surface area contributed by atoms with E-state index < -0.39 is 0 Å². The third-order valence-electron chi connectivity index (χ3n) is 3.65. The molecule has 0 saturated heterocycles. The third-order valence-corrected chi connectivity index (χ3v) is 3.65. The number of nitrogens with two attached hydrogens (primary N) is 1. The zero-order valence-electron chi connectivity index (χ0n) is 10.0. The molecule has 0 spiro atoms. The highest BCUT2D eigenvalue weighted by atomic mass is 15.1. The maximum atomic E-state index is 2.48. The van der Waals surface area contributed by atoms with Gasteiger partial charge in [0.05, 0.1) is 18.8 Å². The van der Waals surface area contributed by atoms with Crippen LogP contribution in [0.15, 0.2) is 48.7 Å². The van der Waals surface area contributed by atoms with Gasteiger partial charge in [0, 0.05) is 12.6 Å². The fourth-order valence-electron chi connectivity index (χ4n) is 2.74. The summed E-state index contributed by atoms with van der Waals surface area (Å²) in [5.74, 6) is 0. The molecule has 0 unspecified atom stereocenters. The van der Waals surface area contributed by atoms with Crippen LogP contribution in [0.4, 0.5) is 0 Å². The van der Waals surface area contributed by atoms with Gasteiger partial charge in [0.2, 0.25) is 0 Å². The number of rotatable bonds is 3. The lowest BCUT2D eigenvalue weighted by atomic mass is 10.0. The van der Waals surface area contributed by atoms with Crippen LogP contribution in [0.2, 0.25) is 0 Å². The second kappa shape index (κ2) is 4.76. The lowest BCUT2D eigenvalue weighted by Gasteiger charge is -2.23. The average Bonchev–Trinajstić information content (AvgIpc) is 2.86. The number of fused-ring (bicyclic) bond motifs is 1. The smallest absolute Gasteiger partial charge is 0.127 e. The van der Waals surface area contributed by atoms with E-state index in [0.29, 0.717) is 6.04 Å². The second-order valence-corrected chi connectivity index (χ2v) is 4.78. The minimum absolute atomic E-state index is 0.638. The second-order valence-electron chi connectivity index (χ2n) is 4.78. The van der Waals surface area contributed by atoms with Gasteiger partial charge in [-0.05, 0) is 24.1 Å². The maximum absolute atomic E-state index is 2.48. The van der Waals surface area contributed by atoms with Gasteiger partial charge in [0.1, 0.15) is 6.04 Å². The number of hydrogen-bond donors (Lipinski definition) is 1. The Balaban J connectivity index is 1.68. The Morgan fingerprint density at radius 2 is 2.00 bits per heavy atom. The summed E-state index contributed by atoms with van der Waals surface area (Å²) < 4.78 is 2.40. The molecular weight excluding hydrogens is 208 g/mol. The Morgan fingerprint density at radius 1 is 1.12 bits per heavy atom. The van der Waals surface area contributed by atoms with Crippen molar-refractivity contribution in [2.24, 2.45) is 0 Å². The van der Waals surface area contributed by atoms with Crippen LogP contribution in [-0.2, 0) is 13.0 Å². The predicted molar refractivity (Wildman–Crippen MR) is 68.7 cm³/mol. The molecule has 1 aromatic heterocycles. The van der Waals surface area contributed by atoms with Gasteiger partial charge >= 0.3 is 0 Å². The molecule has 88 valence electrons. The molecule has 2 N–H and O–H groups in total. The molecule has 0 saturated carbocycles. The molecule has 1 aromatic carbocycles. The van der Waals surface area contributed by atoms with Gasteiger partial charge in [-0.1, -0.05) is 30.3 Å². The summed E-state index contributed by atoms with van der Waals surface area (Å²) in [6.45, 7) is 2.37. The van der Waals surface area contributed by atoms with E-state index in [0.717, 1.165) is 6.54 Å². The number of aromatic nitrogens is 1. The van der Waals surface area contributed by atoms with Crippen molar-refractivity contribution in [1.29, 1.82) is 0 Å². The van der Waals surface area contributed by atoms with Gasteiger partial charge in [-0.25, -0.2) is 0 Å². The van der Waals surface area contributed by atoms with Crippen LogP contribution in [-0.4, -0.2) is 11.1 Å². The van der Waals surface area contributed by atoms with Crippen molar-refractivity contribution >= 4 is 0 Å². The molecule has 0 radical (unpaired) electrons. The minimum Gasteiger partial charge on any atom is -0.341 e. The first-order valence-electron chi connectivity index (χ1n) is 6.46. The third kappa shape index (κ3) is 2.27. The highest BCUT2D eigenvalue weighted by Gasteiger charge is 2.21. The molecule has 0 fully saturated rings. The summed E-state index contributed by atoms with van der Waals surface area (Å²) >= 11 is 0. The standard InChI is InChI=1S/C15H18N2/c1-2-5-13(6-3-1)8-9-14-15-7-4-11-17(15)12-10-16-14/h1-7,11,14,16H,8-10,12H2/p+1/t14-/m1/s1. The molecule has 0 bridgehead atoms. The van der Waals surface area contributed by atoms with Crippen LogP contribution in [0.5, 0.6) is 0 Å². The van der Waals surface area contributed by atoms with Gasteiger partial charge in [0.25, 0.3) is 0 Å². The van der Waals surface area contributed by atoms with E-state index in [1.54, 1.807) is 0 Å². The molecule has 2 aromatic rings. The average molecular weight is 227 g/mol. The zero-order chi connectivity index (χ0) is 11.5. The van der Waals surface area contributed by atoms with Crippen LogP contribution >= 0.6 is 0 Å². The summed E-state index contributed by atoms with van der Waals surface area (Å²) in [5.41, 5.74) is 2.94. The van der Waals surface area contributed by atoms with Gasteiger partial charge in [0.15, 0.2) is 0 Å². The number of nitrogens with zero attached hydrogens (tertiary/aromatic N) is 1. The monoisotopic (exact) mass is 227 g/mol. The van der Waals surface area contributed by atoms with E-state index in [2.05, 4.69) is 58.5 Å². The van der Waals surface area contributed by atoms with Crippen molar-refractivity contribution in [3.8, 4) is 0 Å². The number of benzene rings is 1. The van der Waals surface area contributed by atoms with Crippen molar-refractivity contribution in [2.45, 2.75) is 25.4 Å². The Bertz CT molecular complexity index is 473. The molecule has 0 aliphatic carbocycles. The normalized spacial score (nSPS) is 18.9. The fraction of sp³-hybridized carbons (Fsp3) is 0.333. The summed E-state index contributed by atoms with van der Waals surface area (Å²) in [7, 11) is 0. The van der Waals surface area contributed by atoms with Crippen LogP contribution < -0.4 is 5.32 Å². The minimum atomic E-state index is 0.638. The van der Waals surface area contributed by atoms with E-state index in [9.17, 15) is 0 Å². The first kappa shape index (κ1) is 10.6. The van der Waals surface area contributed by atoms with Crippen LogP contribution in [0.3, 0.4) is 0 Å². The number of hydrogen-bond acceptors (Lipinski definition) is 0. The lowest BCUT2D eigenvalue weighted by molar-refractivity contribution is -0.703. The molecule has 2 heterocycles. The quantitative estimate of drug-likeness (QED) is 0.825. The molecule has 1 aliphatic heterocycles. The highest BCUT2D eigenvalue weighted by Crippen LogP contribution is 2.18. The fourth-order valence-corrected chi connectivity index (χ4v) is 2.74. The Labute approximate surface area is 102 Å². The molecule has 1 aliphatic rings. The topological polar surface area (TPSA) is 21.5 Å². The lowest BCUT2D eigenvalue weighted by Crippen LogP contribution is -2.87. The van der Waals surface area contributed by atoms with Crippen molar-refractivity contribution < 1.29 is 5.32 Å². The van der Waals surface area contributed by atoms with Gasteiger partial charge in [-0.15, -0.1) is 0 Å². The predicted octanol–water partition coefficient (Wildman–Crippen LogP) is 1.74. The summed E-state index contributed by atoms with van der Waals surface area (Å²) in [6.07, 6.45) is 4.61. The molecule has 3 rings (SSSR count). The number of aryl methyl sites for hydroxylation is 1. The molecule has 0 amide bonds. The largest absolute Gasteiger partial charge is 0.341 e. The maximum Gasteiger partial charge on any atom is 0.127 e. The van der Waals surface area contributed by atoms with E-state index in [1.165, 1.54) is 30.6 Å². The summed E-state index contributed by atoms with van der Waals surface area (Å²) in [5, 5.41) is 2.48. The van der Waals surface area contributed by atoms with Crippen molar-refractivity contribution in [3.05, 3.63) is 59.9 Å². The Morgan fingerprint density at radius 3 is 2.88 bits per heavy atom. The molecule has 17 heavy (non-hydrogen) atoms. The molecular formula is C15H19N2+. The van der Waals surface area contributed by atoms with Crippen LogP contribution in [0.1, 0.15) is 23.7 Å². The Hall–Kier alpha value is -1.54. The first-order chi connectivity index (χ1) is 8.43. The molecule has 2 nitrogen and oxygen atoms in total. The van der Waals surface area contributed by atoms with Crippen LogP contribution in [0.25, 0.3) is 0 Å². The van der Waals surface area contributed by atoms with Gasteiger partial charge < -0.3 is 9.88 Å². The SMILES string of the molecule is c1ccc(CC[C@H]2[NH2+]CCn3cccc32)cc1. The first-order valence-corrected chi connectivity index (χ1v) is 6.46. The summed E-state index contributed by atoms with van der Waals surface area (Å²) in [4.78, 5) is 0. The zero-order valence-corrected chi connectivity index (χ0v) is 10.0. The number of quaternary nitrogens is 1. The molecule has 1 atom stereocenters. The van der Waals surface area contributed by atoms with E-state index in [-0.39, 0.29) is 0 Å². The molecule has 2 heteroatoms. The van der Waals surface area contributed by atoms with Crippen LogP contribution in [0, 0.1) is 0 Å². The van der Waals surface area contributed by atoms with Crippen molar-refractivity contribution in [2.75, 3.05) is 6.54 Å². The van der Waals surface area contributed by atoms with E-state index in [4.69, 9.17) is 0 Å².